The van der Waals surface area contributed by atoms with Crippen LogP contribution in [0.3, 0.4) is 0 Å². The van der Waals surface area contributed by atoms with E-state index in [0.29, 0.717) is 36.0 Å². The summed E-state index contributed by atoms with van der Waals surface area (Å²) in [5, 5.41) is 14.4. The third kappa shape index (κ3) is 2.60. The molecule has 0 aromatic carbocycles. The minimum Gasteiger partial charge on any atom is -0.382 e. The van der Waals surface area contributed by atoms with E-state index in [0.717, 1.165) is 6.42 Å². The van der Waals surface area contributed by atoms with Crippen molar-refractivity contribution in [2.24, 2.45) is 0 Å². The van der Waals surface area contributed by atoms with Crippen molar-refractivity contribution in [1.29, 1.82) is 0 Å². The molecule has 0 radical (unpaired) electrons. The van der Waals surface area contributed by atoms with E-state index < -0.39 is 20.7 Å². The topological polar surface area (TPSA) is 72.2 Å². The van der Waals surface area contributed by atoms with Gasteiger partial charge in [-0.05, 0) is 41.6 Å². The molecule has 19 heavy (non-hydrogen) atoms. The first kappa shape index (κ1) is 15.0. The Kier molecular flexibility index (Phi) is 4.09. The summed E-state index contributed by atoms with van der Waals surface area (Å²) in [5.41, 5.74) is -0.736. The highest BCUT2D eigenvalue weighted by Gasteiger charge is 2.50. The summed E-state index contributed by atoms with van der Waals surface area (Å²) < 4.78 is 26.2. The van der Waals surface area contributed by atoms with Crippen molar-refractivity contribution in [3.63, 3.8) is 0 Å². The lowest BCUT2D eigenvalue weighted by atomic mass is 9.97. The minimum absolute atomic E-state index is 0.457. The van der Waals surface area contributed by atoms with Crippen molar-refractivity contribution in [2.75, 3.05) is 6.26 Å². The largest absolute Gasteiger partial charge is 0.382 e. The molecule has 0 saturated heterocycles. The van der Waals surface area contributed by atoms with E-state index in [1.54, 1.807) is 10.9 Å². The van der Waals surface area contributed by atoms with Crippen LogP contribution in [0.15, 0.2) is 10.7 Å². The third-order valence-electron chi connectivity index (χ3n) is 3.71. The van der Waals surface area contributed by atoms with Gasteiger partial charge in [0.25, 0.3) is 0 Å². The van der Waals surface area contributed by atoms with Crippen LogP contribution in [0, 0.1) is 0 Å². The molecule has 5 nitrogen and oxygen atoms in total. The predicted molar refractivity (Wildman–Crippen MR) is 76.6 cm³/mol. The van der Waals surface area contributed by atoms with Gasteiger partial charge in [-0.15, -0.1) is 0 Å². The molecule has 1 saturated carbocycles. The summed E-state index contributed by atoms with van der Waals surface area (Å²) in [5.74, 6) is 0. The molecule has 0 bridgehead atoms. The van der Waals surface area contributed by atoms with Gasteiger partial charge in [0.2, 0.25) is 0 Å². The van der Waals surface area contributed by atoms with Crippen molar-refractivity contribution in [2.45, 2.75) is 50.0 Å². The highest BCUT2D eigenvalue weighted by molar-refractivity contribution is 9.10. The SMILES string of the molecule is CCCn1ncc(Br)c1C1(O)CCCC1S(C)(=O)=O. The van der Waals surface area contributed by atoms with Gasteiger partial charge in [0, 0.05) is 12.8 Å². The minimum atomic E-state index is -3.30. The second-order valence-corrected chi connectivity index (χ2v) is 8.28. The number of halogens is 1. The number of aryl methyl sites for hydroxylation is 1. The highest BCUT2D eigenvalue weighted by Crippen LogP contribution is 2.44. The Balaban J connectivity index is 2.52. The summed E-state index contributed by atoms with van der Waals surface area (Å²) >= 11 is 3.39. The van der Waals surface area contributed by atoms with Crippen LogP contribution in [-0.4, -0.2) is 34.8 Å². The van der Waals surface area contributed by atoms with Gasteiger partial charge in [0.1, 0.15) is 5.60 Å². The lowest BCUT2D eigenvalue weighted by Gasteiger charge is -2.30. The zero-order valence-corrected chi connectivity index (χ0v) is 13.5. The molecular weight excluding hydrogens is 332 g/mol. The summed E-state index contributed by atoms with van der Waals surface area (Å²) in [7, 11) is -3.30. The number of nitrogens with zero attached hydrogens (tertiary/aromatic N) is 2. The normalized spacial score (nSPS) is 27.9. The number of sulfone groups is 1. The molecule has 1 aromatic heterocycles. The molecule has 2 rings (SSSR count). The summed E-state index contributed by atoms with van der Waals surface area (Å²) in [6, 6.07) is 0. The second-order valence-electron chi connectivity index (χ2n) is 5.20. The molecule has 1 aliphatic carbocycles. The van der Waals surface area contributed by atoms with Crippen LogP contribution in [0.25, 0.3) is 0 Å². The molecule has 108 valence electrons. The van der Waals surface area contributed by atoms with E-state index in [2.05, 4.69) is 21.0 Å². The van der Waals surface area contributed by atoms with Crippen molar-refractivity contribution in [3.05, 3.63) is 16.4 Å². The molecule has 0 amide bonds. The monoisotopic (exact) mass is 350 g/mol. The maximum atomic E-state index is 11.9. The van der Waals surface area contributed by atoms with Gasteiger partial charge in [0.05, 0.1) is 21.6 Å². The summed E-state index contributed by atoms with van der Waals surface area (Å²) in [6.07, 6.45) is 5.36. The van der Waals surface area contributed by atoms with Crippen LogP contribution in [-0.2, 0) is 22.0 Å². The van der Waals surface area contributed by atoms with E-state index in [9.17, 15) is 13.5 Å². The number of aliphatic hydroxyl groups is 1. The molecule has 1 N–H and O–H groups in total. The number of hydrogen-bond acceptors (Lipinski definition) is 4. The van der Waals surface area contributed by atoms with Crippen molar-refractivity contribution in [1.82, 2.24) is 9.78 Å². The number of aromatic nitrogens is 2. The van der Waals surface area contributed by atoms with Crippen LogP contribution in [0.2, 0.25) is 0 Å². The highest BCUT2D eigenvalue weighted by atomic mass is 79.9. The van der Waals surface area contributed by atoms with E-state index >= 15 is 0 Å². The van der Waals surface area contributed by atoms with Gasteiger partial charge >= 0.3 is 0 Å². The van der Waals surface area contributed by atoms with E-state index in [-0.39, 0.29) is 0 Å². The zero-order chi connectivity index (χ0) is 14.3. The van der Waals surface area contributed by atoms with Gasteiger partial charge in [-0.2, -0.15) is 5.10 Å². The smallest absolute Gasteiger partial charge is 0.153 e. The molecule has 7 heteroatoms. The molecule has 2 unspecified atom stereocenters. The first-order chi connectivity index (χ1) is 8.80. The molecule has 1 aliphatic rings. The molecule has 1 heterocycles. The molecule has 2 atom stereocenters. The fourth-order valence-corrected chi connectivity index (χ4v) is 5.14. The van der Waals surface area contributed by atoms with Crippen LogP contribution in [0.4, 0.5) is 0 Å². The van der Waals surface area contributed by atoms with Gasteiger partial charge < -0.3 is 5.11 Å². The molecular formula is C12H19BrN2O3S. The van der Waals surface area contributed by atoms with Crippen LogP contribution in [0.5, 0.6) is 0 Å². The first-order valence-electron chi connectivity index (χ1n) is 6.43. The fraction of sp³-hybridized carbons (Fsp3) is 0.750. The van der Waals surface area contributed by atoms with Crippen LogP contribution in [0.1, 0.15) is 38.3 Å². The van der Waals surface area contributed by atoms with Crippen LogP contribution >= 0.6 is 15.9 Å². The van der Waals surface area contributed by atoms with Crippen molar-refractivity contribution >= 4 is 25.8 Å². The number of rotatable bonds is 4. The molecule has 1 fully saturated rings. The Morgan fingerprint density at radius 3 is 2.89 bits per heavy atom. The Labute approximate surface area is 122 Å². The quantitative estimate of drug-likeness (QED) is 0.899. The lowest BCUT2D eigenvalue weighted by Crippen LogP contribution is -2.41. The van der Waals surface area contributed by atoms with Gasteiger partial charge in [-0.25, -0.2) is 8.42 Å². The summed E-state index contributed by atoms with van der Waals surface area (Å²) in [6.45, 7) is 2.69. The maximum Gasteiger partial charge on any atom is 0.153 e. The average Bonchev–Trinajstić information content (AvgIpc) is 2.83. The van der Waals surface area contributed by atoms with Crippen molar-refractivity contribution < 1.29 is 13.5 Å². The first-order valence-corrected chi connectivity index (χ1v) is 9.18. The standard InChI is InChI=1S/C12H19BrN2O3S/c1-3-7-15-11(9(13)8-14-15)12(16)6-4-5-10(12)19(2,17)18/h8,10,16H,3-7H2,1-2H3. The van der Waals surface area contributed by atoms with Gasteiger partial charge in [-0.3, -0.25) is 4.68 Å². The Morgan fingerprint density at radius 2 is 2.32 bits per heavy atom. The van der Waals surface area contributed by atoms with E-state index in [1.165, 1.54) is 6.26 Å². The van der Waals surface area contributed by atoms with E-state index in [1.807, 2.05) is 6.92 Å². The molecule has 0 aliphatic heterocycles. The fourth-order valence-electron chi connectivity index (χ4n) is 2.97. The lowest BCUT2D eigenvalue weighted by molar-refractivity contribution is 0.0373. The zero-order valence-electron chi connectivity index (χ0n) is 11.1. The van der Waals surface area contributed by atoms with Gasteiger partial charge in [0.15, 0.2) is 9.84 Å². The number of hydrogen-bond donors (Lipinski definition) is 1. The van der Waals surface area contributed by atoms with Crippen molar-refractivity contribution in [3.8, 4) is 0 Å². The second kappa shape index (κ2) is 5.18. The third-order valence-corrected chi connectivity index (χ3v) is 5.95. The molecule has 1 aromatic rings. The van der Waals surface area contributed by atoms with Gasteiger partial charge in [-0.1, -0.05) is 6.92 Å². The van der Waals surface area contributed by atoms with Crippen LogP contribution < -0.4 is 0 Å². The van der Waals surface area contributed by atoms with E-state index in [4.69, 9.17) is 0 Å². The predicted octanol–water partition coefficient (Wildman–Crippen LogP) is 1.84. The Hall–Kier alpha value is -0.400. The maximum absolute atomic E-state index is 11.9. The Bertz CT molecular complexity index is 570. The Morgan fingerprint density at radius 1 is 1.63 bits per heavy atom. The summed E-state index contributed by atoms with van der Waals surface area (Å²) in [4.78, 5) is 0. The average molecular weight is 351 g/mol. The molecule has 0 spiro atoms.